The van der Waals surface area contributed by atoms with Crippen molar-refractivity contribution in [2.75, 3.05) is 81.0 Å². The molecular formula is C92H128N4O20P4. The summed E-state index contributed by atoms with van der Waals surface area (Å²) in [6.45, 7) is 20.0. The summed E-state index contributed by atoms with van der Waals surface area (Å²) in [5.74, 6) is -12.4. The van der Waals surface area contributed by atoms with Crippen LogP contribution in [0.2, 0.25) is 0 Å². The molecule has 8 bridgehead atoms. The second-order valence-electron chi connectivity index (χ2n) is 30.6. The molecule has 0 heterocycles. The highest BCUT2D eigenvalue weighted by Crippen LogP contribution is 2.68. The van der Waals surface area contributed by atoms with E-state index < -0.39 is 123 Å². The molecule has 1 aliphatic carbocycles. The third-order valence-electron chi connectivity index (χ3n) is 22.4. The zero-order valence-electron chi connectivity index (χ0n) is 72.7. The summed E-state index contributed by atoms with van der Waals surface area (Å²) in [6.07, 6.45) is 2.15. The lowest BCUT2D eigenvalue weighted by Gasteiger charge is -2.36. The Morgan fingerprint density at radius 3 is 0.525 bits per heavy atom. The molecule has 28 heteroatoms. The highest BCUT2D eigenvalue weighted by atomic mass is 31.2. The number of fused-ring (bicyclic) bond motifs is 8. The number of rotatable bonds is 44. The van der Waals surface area contributed by atoms with Crippen molar-refractivity contribution < 1.29 is 95.3 Å². The van der Waals surface area contributed by atoms with Gasteiger partial charge in [-0.2, -0.15) is 0 Å². The Kier molecular flexibility index (Phi) is 35.2. The molecule has 120 heavy (non-hydrogen) atoms. The molecule has 1 aliphatic rings. The second-order valence-corrected chi connectivity index (χ2v) is 38.9. The molecule has 0 aliphatic heterocycles. The first-order valence-corrected chi connectivity index (χ1v) is 48.8. The molecule has 0 saturated heterocycles. The van der Waals surface area contributed by atoms with Crippen LogP contribution in [0.5, 0.6) is 46.0 Å². The maximum Gasteiger partial charge on any atom is 0.352 e. The SMILES string of the molecule is CCCC1c2cc(c(O)c(CN(C)C(c3ccccc3)P(=O)(OCC)OCC)c2O)C(CCC)c2cc(c(O)c(CN(C)C(c3ccccc3)P(=O)(OCC)OCC)c2O)C(CCC)c2cc(c(O)c(CN(C)C(c3ccccc3)P(=O)(OCC)OCC)c2O)C(CCC)c2cc1c(O)c(CN(C)C(c1ccccc1)P(=O)(OCC)OCC)c2O. The highest BCUT2D eigenvalue weighted by Gasteiger charge is 2.47. The molecule has 0 radical (unpaired) electrons. The Morgan fingerprint density at radius 1 is 0.258 bits per heavy atom. The highest BCUT2D eigenvalue weighted by molar-refractivity contribution is 7.55. The van der Waals surface area contributed by atoms with Crippen LogP contribution in [0.25, 0.3) is 0 Å². The summed E-state index contributed by atoms with van der Waals surface area (Å²) in [4.78, 5) is 6.75. The normalized spacial score (nSPS) is 16.5. The molecule has 0 saturated carbocycles. The summed E-state index contributed by atoms with van der Waals surface area (Å²) in [6, 6.07) is 42.7. The average molecular weight is 1730 g/mol. The smallest absolute Gasteiger partial charge is 0.352 e. The van der Waals surface area contributed by atoms with Crippen molar-refractivity contribution in [3.63, 3.8) is 0 Å². The summed E-state index contributed by atoms with van der Waals surface area (Å²) >= 11 is 0. The number of hydrogen-bond donors (Lipinski definition) is 8. The van der Waals surface area contributed by atoms with Crippen LogP contribution in [-0.4, -0.2) is 141 Å². The minimum atomic E-state index is -4.20. The van der Waals surface area contributed by atoms with E-state index in [0.29, 0.717) is 47.9 Å². The lowest BCUT2D eigenvalue weighted by molar-refractivity contribution is 0.172. The van der Waals surface area contributed by atoms with Gasteiger partial charge in [0, 0.05) is 94.4 Å². The van der Waals surface area contributed by atoms with E-state index in [4.69, 9.17) is 36.2 Å². The Morgan fingerprint density at radius 2 is 0.400 bits per heavy atom. The molecule has 8 N–H and O–H groups in total. The van der Waals surface area contributed by atoms with E-state index in [1.807, 2.05) is 52.0 Å². The monoisotopic (exact) mass is 1730 g/mol. The fraction of sp³-hybridized carbons (Fsp3) is 0.478. The predicted molar refractivity (Wildman–Crippen MR) is 472 cm³/mol. The fourth-order valence-corrected chi connectivity index (χ4v) is 26.3. The maximum absolute atomic E-state index is 15.6. The van der Waals surface area contributed by atoms with E-state index in [2.05, 4.69) is 0 Å². The van der Waals surface area contributed by atoms with Gasteiger partial charge in [0.1, 0.15) is 69.1 Å². The molecule has 0 fully saturated rings. The van der Waals surface area contributed by atoms with Crippen LogP contribution < -0.4 is 0 Å². The van der Waals surface area contributed by atoms with Gasteiger partial charge < -0.3 is 77.0 Å². The van der Waals surface area contributed by atoms with Gasteiger partial charge in [0.15, 0.2) is 0 Å². The van der Waals surface area contributed by atoms with Crippen molar-refractivity contribution in [3.05, 3.63) is 235 Å². The van der Waals surface area contributed by atoms with Crippen LogP contribution in [0, 0.1) is 0 Å². The van der Waals surface area contributed by atoms with E-state index in [1.165, 1.54) is 0 Å². The Balaban J connectivity index is 1.52. The third kappa shape index (κ3) is 20.8. The standard InChI is InChI=1S/C92H128N4O20P4/c1-17-41-65-69-53-71(83(99)77(81(69)97)57-93(13)89(61-45-33-29-34-46-61)117(105,109-21-5)110-22-6)66(42-18-2)73-55-75(87(103)79(85(73)101)59-95(15)91(63-49-37-31-38-50-63)119(107,113-25-9)114-26-10)68(44-20-4)76-56-74(86(102)80(88(76)104)60-96(16)92(64-51-39-32-40-52-64)120(108,115-27-11)116-28-12)67(43-19-3)72-54-70(65)82(98)78(84(72)100)58-94(14)90(62-47-35-30-36-48-62)118(106,111-23-7)112-24-8/h29-40,45-56,65-68,89-92,97-104H,17-28,41-44,57-60H2,1-16H3. The summed E-state index contributed by atoms with van der Waals surface area (Å²) in [5.41, 5.74) is 3.28. The zero-order chi connectivity index (χ0) is 87.6. The number of benzene rings is 8. The van der Waals surface area contributed by atoms with Crippen LogP contribution in [0.15, 0.2) is 146 Å². The van der Waals surface area contributed by atoms with Crippen LogP contribution in [-0.2, 0) is 80.6 Å². The summed E-state index contributed by atoms with van der Waals surface area (Å²) < 4.78 is 112. The first-order valence-electron chi connectivity index (χ1n) is 42.4. The first-order chi connectivity index (χ1) is 57.5. The molecule has 8 aromatic rings. The van der Waals surface area contributed by atoms with Crippen molar-refractivity contribution >= 4 is 30.4 Å². The largest absolute Gasteiger partial charge is 0.507 e. The topological polar surface area (TPSA) is 317 Å². The Bertz CT molecular complexity index is 4120. The van der Waals surface area contributed by atoms with Gasteiger partial charge in [-0.25, -0.2) is 0 Å². The minimum Gasteiger partial charge on any atom is -0.507 e. The van der Waals surface area contributed by atoms with E-state index >= 15 is 18.3 Å². The number of phenols is 8. The molecule has 0 spiro atoms. The van der Waals surface area contributed by atoms with Gasteiger partial charge >= 0.3 is 30.4 Å². The number of hydrogen-bond acceptors (Lipinski definition) is 24. The molecular weight excluding hydrogens is 1600 g/mol. The van der Waals surface area contributed by atoms with Crippen LogP contribution in [0.1, 0.15) is 270 Å². The molecule has 0 aromatic heterocycles. The van der Waals surface area contributed by atoms with Crippen LogP contribution in [0.4, 0.5) is 0 Å². The van der Waals surface area contributed by atoms with Gasteiger partial charge in [-0.3, -0.25) is 37.9 Å². The molecule has 24 nitrogen and oxygen atoms in total. The summed E-state index contributed by atoms with van der Waals surface area (Å²) in [5, 5.41) is 112. The Labute approximate surface area is 710 Å². The molecule has 656 valence electrons. The molecule has 4 atom stereocenters. The summed E-state index contributed by atoms with van der Waals surface area (Å²) in [7, 11) is -10.0. The van der Waals surface area contributed by atoms with E-state index in [-0.39, 0.29) is 171 Å². The Hall–Kier alpha value is -7.40. The van der Waals surface area contributed by atoms with E-state index in [0.717, 1.165) is 0 Å². The van der Waals surface area contributed by atoms with Gasteiger partial charge in [-0.15, -0.1) is 0 Å². The van der Waals surface area contributed by atoms with Crippen LogP contribution in [0.3, 0.4) is 0 Å². The van der Waals surface area contributed by atoms with Gasteiger partial charge in [-0.05, 0) is 156 Å². The predicted octanol–water partition coefficient (Wildman–Crippen LogP) is 23.0. The van der Waals surface area contributed by atoms with Gasteiger partial charge in [0.2, 0.25) is 0 Å². The zero-order valence-corrected chi connectivity index (χ0v) is 76.2. The minimum absolute atomic E-state index is 0.00563. The fourth-order valence-electron chi connectivity index (χ4n) is 17.6. The van der Waals surface area contributed by atoms with Crippen molar-refractivity contribution in [2.45, 2.75) is 207 Å². The molecule has 8 aromatic carbocycles. The first kappa shape index (κ1) is 96.4. The van der Waals surface area contributed by atoms with Gasteiger partial charge in [0.25, 0.3) is 0 Å². The second kappa shape index (κ2) is 43.8. The lowest BCUT2D eigenvalue weighted by Crippen LogP contribution is -2.27. The quantitative estimate of drug-likeness (QED) is 0.0165. The van der Waals surface area contributed by atoms with Crippen molar-refractivity contribution in [1.82, 2.24) is 19.6 Å². The maximum atomic E-state index is 15.6. The number of nitrogens with zero attached hydrogens (tertiary/aromatic N) is 4. The van der Waals surface area contributed by atoms with Crippen molar-refractivity contribution in [2.24, 2.45) is 0 Å². The number of phenolic OH excluding ortho intramolecular Hbond substituents is 8. The third-order valence-corrected chi connectivity index (χ3v) is 32.5. The lowest BCUT2D eigenvalue weighted by atomic mass is 9.74. The van der Waals surface area contributed by atoms with E-state index in [1.54, 1.807) is 225 Å². The van der Waals surface area contributed by atoms with Crippen LogP contribution >= 0.6 is 30.4 Å². The van der Waals surface area contributed by atoms with E-state index in [9.17, 15) is 40.9 Å². The van der Waals surface area contributed by atoms with Gasteiger partial charge in [-0.1, -0.05) is 175 Å². The molecule has 4 unspecified atom stereocenters. The molecule has 9 rings (SSSR count). The van der Waals surface area contributed by atoms with Crippen molar-refractivity contribution in [1.29, 1.82) is 0 Å². The van der Waals surface area contributed by atoms with Gasteiger partial charge in [0.05, 0.1) is 75.1 Å². The average Bonchev–Trinajstić information content (AvgIpc) is 0.733. The van der Waals surface area contributed by atoms with Crippen molar-refractivity contribution in [3.8, 4) is 46.0 Å². The number of aromatic hydroxyl groups is 8. The molecule has 0 amide bonds.